The van der Waals surface area contributed by atoms with E-state index in [-0.39, 0.29) is 0 Å². The van der Waals surface area contributed by atoms with E-state index in [0.717, 1.165) is 67.0 Å². The van der Waals surface area contributed by atoms with Gasteiger partial charge in [-0.05, 0) is 30.3 Å². The molecule has 0 aliphatic carbocycles. The Morgan fingerprint density at radius 1 is 1.03 bits per heavy atom. The molecule has 5 heterocycles. The topological polar surface area (TPSA) is 88.8 Å². The molecule has 32 heavy (non-hydrogen) atoms. The highest BCUT2D eigenvalue weighted by Gasteiger charge is 2.16. The lowest BCUT2D eigenvalue weighted by Crippen LogP contribution is -2.36. The van der Waals surface area contributed by atoms with Gasteiger partial charge in [-0.2, -0.15) is 0 Å². The van der Waals surface area contributed by atoms with E-state index >= 15 is 0 Å². The second kappa shape index (κ2) is 8.01. The summed E-state index contributed by atoms with van der Waals surface area (Å²) in [5, 5.41) is 6.68. The monoisotopic (exact) mass is 429 g/mol. The maximum atomic E-state index is 5.75. The Kier molecular flexibility index (Phi) is 4.73. The molecule has 2 aliphatic heterocycles. The van der Waals surface area contributed by atoms with Gasteiger partial charge >= 0.3 is 0 Å². The van der Waals surface area contributed by atoms with Crippen molar-refractivity contribution in [3.8, 4) is 17.0 Å². The molecule has 6 rings (SSSR count). The summed E-state index contributed by atoms with van der Waals surface area (Å²) in [7, 11) is 0. The molecule has 0 bridgehead atoms. The van der Waals surface area contributed by atoms with Crippen LogP contribution in [-0.2, 0) is 4.74 Å². The third kappa shape index (κ3) is 3.56. The first-order valence-corrected chi connectivity index (χ1v) is 10.7. The second-order valence-corrected chi connectivity index (χ2v) is 7.75. The fourth-order valence-corrected chi connectivity index (χ4v) is 4.03. The van der Waals surface area contributed by atoms with E-state index in [9.17, 15) is 0 Å². The Balaban J connectivity index is 1.31. The van der Waals surface area contributed by atoms with Crippen molar-refractivity contribution in [3.63, 3.8) is 0 Å². The molecule has 1 aromatic carbocycles. The average molecular weight is 429 g/mol. The zero-order chi connectivity index (χ0) is 21.3. The van der Waals surface area contributed by atoms with Gasteiger partial charge in [0.1, 0.15) is 6.61 Å². The number of rotatable bonds is 4. The van der Waals surface area contributed by atoms with Crippen LogP contribution in [0.25, 0.3) is 16.9 Å². The minimum atomic E-state index is 0.624. The highest BCUT2D eigenvalue weighted by atomic mass is 16.5. The van der Waals surface area contributed by atoms with E-state index in [2.05, 4.69) is 49.8 Å². The number of benzene rings is 1. The third-order valence-electron chi connectivity index (χ3n) is 5.68. The molecular formula is C23H23N7O2. The first-order valence-electron chi connectivity index (χ1n) is 10.7. The number of nitrogens with zero attached hydrogens (tertiary/aromatic N) is 5. The zero-order valence-corrected chi connectivity index (χ0v) is 17.5. The molecule has 2 aliphatic rings. The molecule has 162 valence electrons. The largest absolute Gasteiger partial charge is 0.488 e. The summed E-state index contributed by atoms with van der Waals surface area (Å²) in [4.78, 5) is 16.2. The number of anilines is 4. The Labute approximate surface area is 185 Å². The fraction of sp³-hybridized carbons (Fsp3) is 0.261. The smallest absolute Gasteiger partial charge is 0.180 e. The Hall–Kier alpha value is -3.85. The highest BCUT2D eigenvalue weighted by molar-refractivity contribution is 5.75. The van der Waals surface area contributed by atoms with Gasteiger partial charge in [0.05, 0.1) is 25.5 Å². The Morgan fingerprint density at radius 3 is 2.78 bits per heavy atom. The summed E-state index contributed by atoms with van der Waals surface area (Å²) >= 11 is 0. The van der Waals surface area contributed by atoms with Crippen molar-refractivity contribution in [3.05, 3.63) is 55.1 Å². The molecule has 0 atom stereocenters. The standard InChI is InChI=1S/C23H23N7O2/c1-3-18(29-8-11-31-12-9-29)4-2-17(1)27-22-23-25-5-7-30(23)15-19(28-22)16-13-20-21(26-14-16)24-6-10-32-20/h1-5,7,13-15H,6,8-12H2,(H,24,26)(H,27,28). The number of aromatic nitrogens is 4. The van der Waals surface area contributed by atoms with Crippen molar-refractivity contribution in [2.45, 2.75) is 0 Å². The van der Waals surface area contributed by atoms with Crippen molar-refractivity contribution in [1.29, 1.82) is 0 Å². The minimum absolute atomic E-state index is 0.624. The molecule has 4 aromatic rings. The first kappa shape index (κ1) is 18.9. The van der Waals surface area contributed by atoms with Crippen LogP contribution in [0.3, 0.4) is 0 Å². The van der Waals surface area contributed by atoms with Gasteiger partial charge < -0.3 is 29.4 Å². The van der Waals surface area contributed by atoms with Crippen LogP contribution < -0.4 is 20.3 Å². The van der Waals surface area contributed by atoms with Gasteiger partial charge in [-0.15, -0.1) is 0 Å². The lowest BCUT2D eigenvalue weighted by molar-refractivity contribution is 0.122. The van der Waals surface area contributed by atoms with Gasteiger partial charge in [0.2, 0.25) is 0 Å². The van der Waals surface area contributed by atoms with E-state index in [1.165, 1.54) is 5.69 Å². The fourth-order valence-electron chi connectivity index (χ4n) is 4.03. The van der Waals surface area contributed by atoms with Crippen LogP contribution in [0, 0.1) is 0 Å². The predicted molar refractivity (Wildman–Crippen MR) is 123 cm³/mol. The average Bonchev–Trinajstić information content (AvgIpc) is 3.34. The number of ether oxygens (including phenoxy) is 2. The van der Waals surface area contributed by atoms with Crippen LogP contribution in [-0.4, -0.2) is 58.8 Å². The molecule has 0 spiro atoms. The van der Waals surface area contributed by atoms with Gasteiger partial charge in [0, 0.05) is 54.8 Å². The molecule has 9 heteroatoms. The number of imidazole rings is 1. The normalized spacial score (nSPS) is 15.7. The summed E-state index contributed by atoms with van der Waals surface area (Å²) in [5.74, 6) is 2.19. The van der Waals surface area contributed by atoms with Crippen molar-refractivity contribution in [1.82, 2.24) is 19.4 Å². The van der Waals surface area contributed by atoms with Gasteiger partial charge in [-0.25, -0.2) is 15.0 Å². The number of hydrogen-bond acceptors (Lipinski definition) is 8. The van der Waals surface area contributed by atoms with Crippen LogP contribution >= 0.6 is 0 Å². The third-order valence-corrected chi connectivity index (χ3v) is 5.68. The second-order valence-electron chi connectivity index (χ2n) is 7.75. The molecular weight excluding hydrogens is 406 g/mol. The first-order chi connectivity index (χ1) is 15.8. The number of hydrogen-bond donors (Lipinski definition) is 2. The van der Waals surface area contributed by atoms with Crippen LogP contribution in [0.15, 0.2) is 55.1 Å². The van der Waals surface area contributed by atoms with Gasteiger partial charge in [-0.3, -0.25) is 0 Å². The van der Waals surface area contributed by atoms with E-state index in [1.807, 2.05) is 29.1 Å². The van der Waals surface area contributed by atoms with E-state index in [0.29, 0.717) is 12.4 Å². The minimum Gasteiger partial charge on any atom is -0.488 e. The van der Waals surface area contributed by atoms with Crippen LogP contribution in [0.5, 0.6) is 5.75 Å². The van der Waals surface area contributed by atoms with Crippen LogP contribution in [0.1, 0.15) is 0 Å². The van der Waals surface area contributed by atoms with Crippen molar-refractivity contribution in [2.24, 2.45) is 0 Å². The maximum Gasteiger partial charge on any atom is 0.180 e. The van der Waals surface area contributed by atoms with Gasteiger partial charge in [0.15, 0.2) is 23.0 Å². The molecule has 1 saturated heterocycles. The molecule has 1 fully saturated rings. The zero-order valence-electron chi connectivity index (χ0n) is 17.5. The van der Waals surface area contributed by atoms with Crippen LogP contribution in [0.4, 0.5) is 23.0 Å². The van der Waals surface area contributed by atoms with Crippen molar-refractivity contribution >= 4 is 28.7 Å². The summed E-state index contributed by atoms with van der Waals surface area (Å²) in [6.45, 7) is 4.76. The quantitative estimate of drug-likeness (QED) is 0.511. The molecule has 0 saturated carbocycles. The Bertz CT molecular complexity index is 1250. The van der Waals surface area contributed by atoms with Gasteiger partial charge in [0.25, 0.3) is 0 Å². The lowest BCUT2D eigenvalue weighted by Gasteiger charge is -2.28. The number of fused-ring (bicyclic) bond motifs is 2. The number of morpholine rings is 1. The van der Waals surface area contributed by atoms with Crippen molar-refractivity contribution in [2.75, 3.05) is 55.0 Å². The summed E-state index contributed by atoms with van der Waals surface area (Å²) in [6, 6.07) is 10.4. The Morgan fingerprint density at radius 2 is 1.91 bits per heavy atom. The van der Waals surface area contributed by atoms with Crippen LogP contribution in [0.2, 0.25) is 0 Å². The summed E-state index contributed by atoms with van der Waals surface area (Å²) < 4.78 is 13.2. The molecule has 2 N–H and O–H groups in total. The van der Waals surface area contributed by atoms with Crippen molar-refractivity contribution < 1.29 is 9.47 Å². The SMILES string of the molecule is c1cn2cc(-c3cnc4c(c3)OCCN4)nc(Nc3ccc(N4CCOCC4)cc3)c2n1. The van der Waals surface area contributed by atoms with Gasteiger partial charge in [-0.1, -0.05) is 0 Å². The molecule has 0 unspecified atom stereocenters. The lowest BCUT2D eigenvalue weighted by atomic mass is 10.2. The number of pyridine rings is 1. The summed E-state index contributed by atoms with van der Waals surface area (Å²) in [6.07, 6.45) is 7.45. The van der Waals surface area contributed by atoms with E-state index in [1.54, 1.807) is 6.20 Å². The summed E-state index contributed by atoms with van der Waals surface area (Å²) in [5.41, 5.74) is 4.57. The molecule has 9 nitrogen and oxygen atoms in total. The highest BCUT2D eigenvalue weighted by Crippen LogP contribution is 2.31. The predicted octanol–water partition coefficient (Wildman–Crippen LogP) is 3.18. The maximum absolute atomic E-state index is 5.75. The number of nitrogens with one attached hydrogen (secondary N) is 2. The molecule has 0 radical (unpaired) electrons. The van der Waals surface area contributed by atoms with E-state index in [4.69, 9.17) is 14.5 Å². The molecule has 0 amide bonds. The van der Waals surface area contributed by atoms with E-state index < -0.39 is 0 Å². The molecule has 3 aromatic heterocycles.